The van der Waals surface area contributed by atoms with Crippen LogP contribution in [0.25, 0.3) is 0 Å². The number of anilines is 1. The van der Waals surface area contributed by atoms with Crippen molar-refractivity contribution in [2.24, 2.45) is 0 Å². The summed E-state index contributed by atoms with van der Waals surface area (Å²) in [5.74, 6) is 0.301. The number of halogens is 1. The molecule has 3 rings (SSSR count). The topological polar surface area (TPSA) is 45.0 Å². The standard InChI is InChI=1S/C17H15FN2O/c18-15-7-6-12(9-14(15)10-19)11-21-16-5-1-3-13-4-2-8-20-17(13)16/h1,3,5-7,9,20H,2,4,8,11H2. The number of rotatable bonds is 3. The van der Waals surface area contributed by atoms with Gasteiger partial charge in [-0.05, 0) is 42.2 Å². The van der Waals surface area contributed by atoms with Crippen molar-refractivity contribution in [3.05, 3.63) is 58.9 Å². The first-order chi connectivity index (χ1) is 10.3. The van der Waals surface area contributed by atoms with Gasteiger partial charge in [0.05, 0.1) is 11.3 Å². The Labute approximate surface area is 123 Å². The number of benzene rings is 2. The summed E-state index contributed by atoms with van der Waals surface area (Å²) in [6, 6.07) is 12.3. The van der Waals surface area contributed by atoms with E-state index in [4.69, 9.17) is 10.00 Å². The molecule has 0 atom stereocenters. The summed E-state index contributed by atoms with van der Waals surface area (Å²) < 4.78 is 19.1. The summed E-state index contributed by atoms with van der Waals surface area (Å²) in [6.45, 7) is 1.26. The highest BCUT2D eigenvalue weighted by atomic mass is 19.1. The quantitative estimate of drug-likeness (QED) is 0.935. The molecule has 106 valence electrons. The monoisotopic (exact) mass is 282 g/mol. The molecule has 0 saturated heterocycles. The van der Waals surface area contributed by atoms with Crippen LogP contribution in [0.5, 0.6) is 5.75 Å². The number of aryl methyl sites for hydroxylation is 1. The van der Waals surface area contributed by atoms with Crippen LogP contribution >= 0.6 is 0 Å². The highest BCUT2D eigenvalue weighted by Gasteiger charge is 2.13. The Morgan fingerprint density at radius 3 is 3.05 bits per heavy atom. The van der Waals surface area contributed by atoms with Crippen molar-refractivity contribution in [3.8, 4) is 11.8 Å². The Morgan fingerprint density at radius 2 is 2.19 bits per heavy atom. The van der Waals surface area contributed by atoms with E-state index >= 15 is 0 Å². The molecule has 21 heavy (non-hydrogen) atoms. The molecule has 0 spiro atoms. The largest absolute Gasteiger partial charge is 0.487 e. The molecule has 4 heteroatoms. The van der Waals surface area contributed by atoms with Gasteiger partial charge < -0.3 is 10.1 Å². The van der Waals surface area contributed by atoms with Crippen LogP contribution in [0.15, 0.2) is 36.4 Å². The van der Waals surface area contributed by atoms with E-state index in [1.165, 1.54) is 17.7 Å². The van der Waals surface area contributed by atoms with E-state index in [1.54, 1.807) is 6.07 Å². The minimum absolute atomic E-state index is 0.0457. The van der Waals surface area contributed by atoms with Crippen LogP contribution in [0.1, 0.15) is 23.1 Å². The van der Waals surface area contributed by atoms with Gasteiger partial charge in [0.1, 0.15) is 24.2 Å². The Hall–Kier alpha value is -2.54. The van der Waals surface area contributed by atoms with E-state index in [9.17, 15) is 4.39 Å². The first-order valence-corrected chi connectivity index (χ1v) is 6.95. The van der Waals surface area contributed by atoms with E-state index in [1.807, 2.05) is 18.2 Å². The molecule has 1 aliphatic heterocycles. The second-order valence-electron chi connectivity index (χ2n) is 5.04. The number of hydrogen-bond donors (Lipinski definition) is 1. The number of ether oxygens (including phenoxy) is 1. The molecule has 0 saturated carbocycles. The van der Waals surface area contributed by atoms with Crippen molar-refractivity contribution in [3.63, 3.8) is 0 Å². The van der Waals surface area contributed by atoms with E-state index < -0.39 is 5.82 Å². The van der Waals surface area contributed by atoms with E-state index in [0.717, 1.165) is 36.4 Å². The molecule has 2 aromatic rings. The predicted octanol–water partition coefficient (Wildman–Crippen LogP) is 3.63. The Morgan fingerprint density at radius 1 is 1.29 bits per heavy atom. The summed E-state index contributed by atoms with van der Waals surface area (Å²) in [4.78, 5) is 0. The normalized spacial score (nSPS) is 13.0. The highest BCUT2D eigenvalue weighted by Crippen LogP contribution is 2.32. The first-order valence-electron chi connectivity index (χ1n) is 6.95. The lowest BCUT2D eigenvalue weighted by Crippen LogP contribution is -2.13. The molecule has 1 aliphatic rings. The van der Waals surface area contributed by atoms with Gasteiger partial charge in [-0.3, -0.25) is 0 Å². The zero-order valence-electron chi connectivity index (χ0n) is 11.5. The Bertz CT molecular complexity index is 706. The average molecular weight is 282 g/mol. The number of hydrogen-bond acceptors (Lipinski definition) is 3. The van der Waals surface area contributed by atoms with Gasteiger partial charge in [0.2, 0.25) is 0 Å². The maximum absolute atomic E-state index is 13.3. The molecule has 0 unspecified atom stereocenters. The SMILES string of the molecule is N#Cc1cc(COc2cccc3c2NCCC3)ccc1F. The molecule has 2 aromatic carbocycles. The van der Waals surface area contributed by atoms with Crippen LogP contribution in [0.3, 0.4) is 0 Å². The third kappa shape index (κ3) is 2.82. The minimum Gasteiger partial charge on any atom is -0.487 e. The molecule has 1 heterocycles. The van der Waals surface area contributed by atoms with Gasteiger partial charge in [0.15, 0.2) is 0 Å². The van der Waals surface area contributed by atoms with Crippen LogP contribution in [-0.2, 0) is 13.0 Å². The first kappa shape index (κ1) is 13.4. The van der Waals surface area contributed by atoms with Crippen LogP contribution in [0.4, 0.5) is 10.1 Å². The van der Waals surface area contributed by atoms with Gasteiger partial charge >= 0.3 is 0 Å². The number of nitrogens with one attached hydrogen (secondary N) is 1. The van der Waals surface area contributed by atoms with Crippen molar-refractivity contribution >= 4 is 5.69 Å². The maximum Gasteiger partial charge on any atom is 0.143 e. The third-order valence-electron chi connectivity index (χ3n) is 3.58. The van der Waals surface area contributed by atoms with Gasteiger partial charge in [-0.25, -0.2) is 4.39 Å². The molecule has 0 bridgehead atoms. The van der Waals surface area contributed by atoms with Crippen molar-refractivity contribution < 1.29 is 9.13 Å². The molecule has 1 N–H and O–H groups in total. The van der Waals surface area contributed by atoms with Crippen molar-refractivity contribution in [2.45, 2.75) is 19.4 Å². The zero-order chi connectivity index (χ0) is 14.7. The average Bonchev–Trinajstić information content (AvgIpc) is 2.54. The number of fused-ring (bicyclic) bond motifs is 1. The molecule has 0 aromatic heterocycles. The number of para-hydroxylation sites is 1. The van der Waals surface area contributed by atoms with Crippen LogP contribution in [-0.4, -0.2) is 6.54 Å². The number of nitrogens with zero attached hydrogens (tertiary/aromatic N) is 1. The smallest absolute Gasteiger partial charge is 0.143 e. The lowest BCUT2D eigenvalue weighted by atomic mass is 10.0. The fraction of sp³-hybridized carbons (Fsp3) is 0.235. The van der Waals surface area contributed by atoms with Gasteiger partial charge in [-0.15, -0.1) is 0 Å². The molecular formula is C17H15FN2O. The summed E-state index contributed by atoms with van der Waals surface area (Å²) in [5, 5.41) is 12.2. The fourth-order valence-corrected chi connectivity index (χ4v) is 2.51. The molecule has 3 nitrogen and oxygen atoms in total. The Balaban J connectivity index is 1.78. The lowest BCUT2D eigenvalue weighted by Gasteiger charge is -2.21. The highest BCUT2D eigenvalue weighted by molar-refractivity contribution is 5.63. The fourth-order valence-electron chi connectivity index (χ4n) is 2.51. The minimum atomic E-state index is -0.500. The second kappa shape index (κ2) is 5.84. The molecule has 0 radical (unpaired) electrons. The van der Waals surface area contributed by atoms with Crippen LogP contribution < -0.4 is 10.1 Å². The summed E-state index contributed by atoms with van der Waals surface area (Å²) >= 11 is 0. The van der Waals surface area contributed by atoms with Crippen molar-refractivity contribution in [1.82, 2.24) is 0 Å². The summed E-state index contributed by atoms with van der Waals surface area (Å²) in [5.41, 5.74) is 3.13. The van der Waals surface area contributed by atoms with Gasteiger partial charge in [0, 0.05) is 6.54 Å². The molecule has 0 fully saturated rings. The summed E-state index contributed by atoms with van der Waals surface area (Å²) in [6.07, 6.45) is 2.18. The summed E-state index contributed by atoms with van der Waals surface area (Å²) in [7, 11) is 0. The van der Waals surface area contributed by atoms with Gasteiger partial charge in [0.25, 0.3) is 0 Å². The van der Waals surface area contributed by atoms with Crippen LogP contribution in [0.2, 0.25) is 0 Å². The van der Waals surface area contributed by atoms with E-state index in [0.29, 0.717) is 6.61 Å². The lowest BCUT2D eigenvalue weighted by molar-refractivity contribution is 0.307. The van der Waals surface area contributed by atoms with Crippen LogP contribution in [0, 0.1) is 17.1 Å². The number of nitriles is 1. The molecular weight excluding hydrogens is 267 g/mol. The molecule has 0 aliphatic carbocycles. The van der Waals surface area contributed by atoms with Gasteiger partial charge in [-0.1, -0.05) is 18.2 Å². The molecule has 0 amide bonds. The predicted molar refractivity (Wildman–Crippen MR) is 78.7 cm³/mol. The van der Waals surface area contributed by atoms with Crippen molar-refractivity contribution in [1.29, 1.82) is 5.26 Å². The zero-order valence-corrected chi connectivity index (χ0v) is 11.5. The van der Waals surface area contributed by atoms with E-state index in [-0.39, 0.29) is 5.56 Å². The maximum atomic E-state index is 13.3. The van der Waals surface area contributed by atoms with Gasteiger partial charge in [-0.2, -0.15) is 5.26 Å². The third-order valence-corrected chi connectivity index (χ3v) is 3.58. The van der Waals surface area contributed by atoms with Crippen molar-refractivity contribution in [2.75, 3.05) is 11.9 Å². The second-order valence-corrected chi connectivity index (χ2v) is 5.04. The van der Waals surface area contributed by atoms with E-state index in [2.05, 4.69) is 11.4 Å². The Kier molecular flexibility index (Phi) is 3.74.